The number of hydrogen-bond donors (Lipinski definition) is 1. The van der Waals surface area contributed by atoms with Crippen molar-refractivity contribution in [1.82, 2.24) is 10.3 Å². The van der Waals surface area contributed by atoms with Crippen molar-refractivity contribution < 1.29 is 14.3 Å². The van der Waals surface area contributed by atoms with Crippen LogP contribution < -0.4 is 5.32 Å². The van der Waals surface area contributed by atoms with Crippen LogP contribution >= 0.6 is 0 Å². The zero-order valence-corrected chi connectivity index (χ0v) is 14.7. The lowest BCUT2D eigenvalue weighted by molar-refractivity contribution is -0.124. The van der Waals surface area contributed by atoms with E-state index in [1.54, 1.807) is 6.92 Å². The minimum Gasteiger partial charge on any atom is -0.452 e. The number of aryl methyl sites for hydroxylation is 2. The summed E-state index contributed by atoms with van der Waals surface area (Å²) in [4.78, 5) is 28.7. The number of pyridine rings is 1. The highest BCUT2D eigenvalue weighted by molar-refractivity contribution is 5.99. The Kier molecular flexibility index (Phi) is 5.90. The summed E-state index contributed by atoms with van der Waals surface area (Å²) in [5.41, 5.74) is 2.71. The number of benzene rings is 1. The molecule has 0 spiro atoms. The number of rotatable bonds is 6. The van der Waals surface area contributed by atoms with Crippen LogP contribution in [0.5, 0.6) is 0 Å². The zero-order chi connectivity index (χ0) is 17.7. The predicted octanol–water partition coefficient (Wildman–Crippen LogP) is 3.31. The SMILES string of the molecule is CCCC(C)NC(=O)COC(=O)c1c(C)nc2ccccc2c1C. The first kappa shape index (κ1) is 17.9. The minimum absolute atomic E-state index is 0.0759. The summed E-state index contributed by atoms with van der Waals surface area (Å²) in [7, 11) is 0. The second kappa shape index (κ2) is 7.90. The quantitative estimate of drug-likeness (QED) is 0.826. The number of hydrogen-bond acceptors (Lipinski definition) is 4. The number of aromatic nitrogens is 1. The third kappa shape index (κ3) is 4.10. The van der Waals surface area contributed by atoms with Crippen LogP contribution in [0.25, 0.3) is 10.9 Å². The van der Waals surface area contributed by atoms with E-state index in [1.807, 2.05) is 38.1 Å². The Bertz CT molecular complexity index is 756. The van der Waals surface area contributed by atoms with Gasteiger partial charge in [-0.15, -0.1) is 0 Å². The third-order valence-corrected chi connectivity index (χ3v) is 4.00. The third-order valence-electron chi connectivity index (χ3n) is 4.00. The number of esters is 1. The van der Waals surface area contributed by atoms with E-state index in [4.69, 9.17) is 4.74 Å². The molecule has 0 aliphatic rings. The fraction of sp³-hybridized carbons (Fsp3) is 0.421. The molecular weight excluding hydrogens is 304 g/mol. The van der Waals surface area contributed by atoms with Crippen LogP contribution in [0.4, 0.5) is 0 Å². The number of nitrogens with zero attached hydrogens (tertiary/aromatic N) is 1. The molecule has 1 atom stereocenters. The second-order valence-corrected chi connectivity index (χ2v) is 6.05. The number of fused-ring (bicyclic) bond motifs is 1. The lowest BCUT2D eigenvalue weighted by Gasteiger charge is -2.14. The molecule has 2 rings (SSSR count). The summed E-state index contributed by atoms with van der Waals surface area (Å²) < 4.78 is 5.19. The van der Waals surface area contributed by atoms with E-state index in [2.05, 4.69) is 17.2 Å². The first-order valence-electron chi connectivity index (χ1n) is 8.26. The van der Waals surface area contributed by atoms with Crippen LogP contribution in [0.3, 0.4) is 0 Å². The highest BCUT2D eigenvalue weighted by atomic mass is 16.5. The largest absolute Gasteiger partial charge is 0.452 e. The molecule has 1 aromatic heterocycles. The lowest BCUT2D eigenvalue weighted by atomic mass is 10.0. The first-order chi connectivity index (χ1) is 11.4. The van der Waals surface area contributed by atoms with E-state index in [0.29, 0.717) is 11.3 Å². The normalized spacial score (nSPS) is 12.0. The molecule has 5 heteroatoms. The summed E-state index contributed by atoms with van der Waals surface area (Å²) in [6, 6.07) is 7.73. The summed E-state index contributed by atoms with van der Waals surface area (Å²) in [6.45, 7) is 7.36. The fourth-order valence-electron chi connectivity index (χ4n) is 2.86. The van der Waals surface area contributed by atoms with Gasteiger partial charge in [0.1, 0.15) is 0 Å². The Balaban J connectivity index is 2.10. The first-order valence-corrected chi connectivity index (χ1v) is 8.26. The topological polar surface area (TPSA) is 68.3 Å². The molecule has 1 aromatic carbocycles. The van der Waals surface area contributed by atoms with Crippen molar-refractivity contribution in [2.75, 3.05) is 6.61 Å². The van der Waals surface area contributed by atoms with Gasteiger partial charge in [-0.1, -0.05) is 31.5 Å². The molecule has 1 heterocycles. The summed E-state index contributed by atoms with van der Waals surface area (Å²) in [6.07, 6.45) is 1.88. The van der Waals surface area contributed by atoms with Crippen LogP contribution in [0.1, 0.15) is 48.3 Å². The molecule has 5 nitrogen and oxygen atoms in total. The van der Waals surface area contributed by atoms with E-state index in [1.165, 1.54) is 0 Å². The van der Waals surface area contributed by atoms with Gasteiger partial charge in [0.05, 0.1) is 16.8 Å². The number of carbonyl (C=O) groups excluding carboxylic acids is 2. The molecule has 1 amide bonds. The number of para-hydroxylation sites is 1. The molecule has 0 fully saturated rings. The number of nitrogens with one attached hydrogen (secondary N) is 1. The van der Waals surface area contributed by atoms with Crippen molar-refractivity contribution >= 4 is 22.8 Å². The van der Waals surface area contributed by atoms with Gasteiger partial charge in [0.2, 0.25) is 0 Å². The number of carbonyl (C=O) groups is 2. The molecule has 0 saturated heterocycles. The van der Waals surface area contributed by atoms with Gasteiger partial charge in [-0.3, -0.25) is 9.78 Å². The zero-order valence-electron chi connectivity index (χ0n) is 14.7. The van der Waals surface area contributed by atoms with Gasteiger partial charge < -0.3 is 10.1 Å². The average molecular weight is 328 g/mol. The molecule has 128 valence electrons. The number of ether oxygens (including phenoxy) is 1. The maximum Gasteiger partial charge on any atom is 0.340 e. The van der Waals surface area contributed by atoms with Crippen molar-refractivity contribution in [3.05, 3.63) is 41.1 Å². The van der Waals surface area contributed by atoms with Crippen LogP contribution in [-0.4, -0.2) is 29.5 Å². The van der Waals surface area contributed by atoms with Crippen LogP contribution in [-0.2, 0) is 9.53 Å². The van der Waals surface area contributed by atoms with Crippen molar-refractivity contribution in [2.45, 2.75) is 46.6 Å². The van der Waals surface area contributed by atoms with Gasteiger partial charge in [0, 0.05) is 11.4 Å². The molecule has 0 aliphatic heterocycles. The maximum atomic E-state index is 12.4. The van der Waals surface area contributed by atoms with Crippen molar-refractivity contribution in [3.63, 3.8) is 0 Å². The Morgan fingerprint density at radius 1 is 1.25 bits per heavy atom. The summed E-state index contributed by atoms with van der Waals surface area (Å²) >= 11 is 0. The molecule has 0 saturated carbocycles. The molecular formula is C19H24N2O3. The minimum atomic E-state index is -0.512. The van der Waals surface area contributed by atoms with E-state index in [-0.39, 0.29) is 18.6 Å². The molecule has 24 heavy (non-hydrogen) atoms. The molecule has 0 bridgehead atoms. The molecule has 0 radical (unpaired) electrons. The highest BCUT2D eigenvalue weighted by Gasteiger charge is 2.19. The lowest BCUT2D eigenvalue weighted by Crippen LogP contribution is -2.35. The average Bonchev–Trinajstić information content (AvgIpc) is 2.53. The maximum absolute atomic E-state index is 12.4. The predicted molar refractivity (Wildman–Crippen MR) is 94.0 cm³/mol. The number of amides is 1. The van der Waals surface area contributed by atoms with Crippen LogP contribution in [0, 0.1) is 13.8 Å². The van der Waals surface area contributed by atoms with Crippen LogP contribution in [0.2, 0.25) is 0 Å². The van der Waals surface area contributed by atoms with E-state index in [0.717, 1.165) is 29.3 Å². The summed E-state index contributed by atoms with van der Waals surface area (Å²) in [5, 5.41) is 3.73. The standard InChI is InChI=1S/C19H24N2O3/c1-5-8-12(2)20-17(22)11-24-19(23)18-13(3)15-9-6-7-10-16(15)21-14(18)4/h6-7,9-10,12H,5,8,11H2,1-4H3,(H,20,22). The van der Waals surface area contributed by atoms with Crippen molar-refractivity contribution in [1.29, 1.82) is 0 Å². The van der Waals surface area contributed by atoms with E-state index in [9.17, 15) is 9.59 Å². The van der Waals surface area contributed by atoms with Gasteiger partial charge in [0.15, 0.2) is 6.61 Å². The summed E-state index contributed by atoms with van der Waals surface area (Å²) in [5.74, 6) is -0.796. The fourth-order valence-corrected chi connectivity index (χ4v) is 2.86. The Hall–Kier alpha value is -2.43. The smallest absolute Gasteiger partial charge is 0.340 e. The molecule has 2 aromatic rings. The van der Waals surface area contributed by atoms with Gasteiger partial charge >= 0.3 is 5.97 Å². The monoisotopic (exact) mass is 328 g/mol. The van der Waals surface area contributed by atoms with Crippen molar-refractivity contribution in [3.8, 4) is 0 Å². The van der Waals surface area contributed by atoms with E-state index >= 15 is 0 Å². The Morgan fingerprint density at radius 2 is 1.96 bits per heavy atom. The molecule has 1 unspecified atom stereocenters. The molecule has 0 aliphatic carbocycles. The van der Waals surface area contributed by atoms with Gasteiger partial charge in [0.25, 0.3) is 5.91 Å². The van der Waals surface area contributed by atoms with E-state index < -0.39 is 5.97 Å². The Labute approximate surface area is 142 Å². The van der Waals surface area contributed by atoms with Gasteiger partial charge in [-0.25, -0.2) is 4.79 Å². The molecule has 1 N–H and O–H groups in total. The van der Waals surface area contributed by atoms with Gasteiger partial charge in [-0.05, 0) is 38.8 Å². The van der Waals surface area contributed by atoms with Crippen LogP contribution in [0.15, 0.2) is 24.3 Å². The van der Waals surface area contributed by atoms with Gasteiger partial charge in [-0.2, -0.15) is 0 Å². The Morgan fingerprint density at radius 3 is 2.67 bits per heavy atom. The second-order valence-electron chi connectivity index (χ2n) is 6.05. The highest BCUT2D eigenvalue weighted by Crippen LogP contribution is 2.23. The van der Waals surface area contributed by atoms with Crippen molar-refractivity contribution in [2.24, 2.45) is 0 Å².